The summed E-state index contributed by atoms with van der Waals surface area (Å²) < 4.78 is 17.3. The van der Waals surface area contributed by atoms with Crippen LogP contribution in [0.2, 0.25) is 0 Å². The molecule has 0 saturated carbocycles. The van der Waals surface area contributed by atoms with Crippen molar-refractivity contribution in [3.8, 4) is 0 Å². The molecule has 0 unspecified atom stereocenters. The monoisotopic (exact) mass is 253 g/mol. The zero-order chi connectivity index (χ0) is 13.0. The quantitative estimate of drug-likeness (QED) is 0.761. The van der Waals surface area contributed by atoms with Crippen molar-refractivity contribution in [2.24, 2.45) is 5.92 Å². The summed E-state index contributed by atoms with van der Waals surface area (Å²) in [5, 5.41) is 0. The number of aromatic nitrogens is 2. The number of carbonyl (C=O) groups is 1. The summed E-state index contributed by atoms with van der Waals surface area (Å²) in [4.78, 5) is 21.4. The molecular weight excluding hydrogens is 237 g/mol. The van der Waals surface area contributed by atoms with E-state index in [1.165, 1.54) is 13.4 Å². The van der Waals surface area contributed by atoms with Crippen LogP contribution >= 0.6 is 0 Å². The van der Waals surface area contributed by atoms with E-state index in [0.717, 1.165) is 31.7 Å². The van der Waals surface area contributed by atoms with Crippen LogP contribution in [0.5, 0.6) is 0 Å². The van der Waals surface area contributed by atoms with E-state index >= 15 is 0 Å². The van der Waals surface area contributed by atoms with Crippen LogP contribution in [-0.2, 0) is 16.2 Å². The molecule has 1 fully saturated rings. The number of anilines is 1. The molecule has 0 N–H and O–H groups in total. The van der Waals surface area contributed by atoms with Crippen LogP contribution in [-0.4, -0.2) is 36.1 Å². The second kappa shape index (κ2) is 5.75. The molecule has 0 aromatic carbocycles. The fraction of sp³-hybridized carbons (Fsp3) is 0.583. The number of halogens is 1. The summed E-state index contributed by atoms with van der Waals surface area (Å²) in [7, 11) is 1.41. The van der Waals surface area contributed by atoms with Gasteiger partial charge in [-0.1, -0.05) is 0 Å². The number of ether oxygens (including phenoxy) is 1. The molecule has 18 heavy (non-hydrogen) atoms. The summed E-state index contributed by atoms with van der Waals surface area (Å²) in [5.74, 6) is 0.538. The molecule has 98 valence electrons. The third-order valence-electron chi connectivity index (χ3n) is 3.20. The van der Waals surface area contributed by atoms with E-state index < -0.39 is 6.67 Å². The highest BCUT2D eigenvalue weighted by Crippen LogP contribution is 2.22. The van der Waals surface area contributed by atoms with Crippen molar-refractivity contribution in [1.29, 1.82) is 0 Å². The number of hydrogen-bond acceptors (Lipinski definition) is 5. The predicted octanol–water partition coefficient (Wildman–Crippen LogP) is 1.34. The number of carbonyl (C=O) groups excluding carboxylic acids is 1. The van der Waals surface area contributed by atoms with Crippen LogP contribution < -0.4 is 4.90 Å². The first-order valence-electron chi connectivity index (χ1n) is 5.94. The second-order valence-electron chi connectivity index (χ2n) is 4.29. The second-order valence-corrected chi connectivity index (χ2v) is 4.29. The van der Waals surface area contributed by atoms with Gasteiger partial charge in [0.2, 0.25) is 0 Å². The van der Waals surface area contributed by atoms with Crippen molar-refractivity contribution in [2.45, 2.75) is 19.5 Å². The van der Waals surface area contributed by atoms with Gasteiger partial charge in [-0.15, -0.1) is 0 Å². The molecule has 1 saturated heterocycles. The Morgan fingerprint density at radius 3 is 2.83 bits per heavy atom. The van der Waals surface area contributed by atoms with Gasteiger partial charge in [0, 0.05) is 19.2 Å². The summed E-state index contributed by atoms with van der Waals surface area (Å²) in [6, 6.07) is 1.65. The molecule has 1 aromatic heterocycles. The van der Waals surface area contributed by atoms with Gasteiger partial charge in [-0.25, -0.2) is 14.4 Å². The van der Waals surface area contributed by atoms with Crippen molar-refractivity contribution in [3.63, 3.8) is 0 Å². The lowest BCUT2D eigenvalue weighted by atomic mass is 9.97. The number of methoxy groups -OCH3 is 1. The van der Waals surface area contributed by atoms with E-state index in [4.69, 9.17) is 4.74 Å². The Hall–Kier alpha value is -1.72. The first-order valence-corrected chi connectivity index (χ1v) is 5.94. The highest BCUT2D eigenvalue weighted by atomic mass is 19.1. The highest BCUT2D eigenvalue weighted by Gasteiger charge is 2.26. The molecule has 1 aliphatic rings. The third kappa shape index (κ3) is 2.75. The van der Waals surface area contributed by atoms with Gasteiger partial charge in [-0.2, -0.15) is 0 Å². The summed E-state index contributed by atoms with van der Waals surface area (Å²) >= 11 is 0. The fourth-order valence-electron chi connectivity index (χ4n) is 2.14. The van der Waals surface area contributed by atoms with Crippen LogP contribution in [0.15, 0.2) is 12.4 Å². The lowest BCUT2D eigenvalue weighted by molar-refractivity contribution is -0.146. The Balaban J connectivity index is 1.98. The molecule has 0 atom stereocenters. The van der Waals surface area contributed by atoms with Gasteiger partial charge in [0.25, 0.3) is 0 Å². The minimum absolute atomic E-state index is 0.0336. The van der Waals surface area contributed by atoms with E-state index in [1.54, 1.807) is 6.07 Å². The van der Waals surface area contributed by atoms with Crippen molar-refractivity contribution < 1.29 is 13.9 Å². The lowest BCUT2D eigenvalue weighted by Gasteiger charge is -2.31. The molecule has 2 rings (SSSR count). The molecule has 5 nitrogen and oxygen atoms in total. The van der Waals surface area contributed by atoms with Crippen LogP contribution in [0.1, 0.15) is 18.5 Å². The number of piperidine rings is 1. The molecular formula is C12H16FN3O2. The Bertz CT molecular complexity index is 420. The molecule has 2 heterocycles. The maximum Gasteiger partial charge on any atom is 0.308 e. The molecule has 1 aromatic rings. The smallest absolute Gasteiger partial charge is 0.308 e. The van der Waals surface area contributed by atoms with E-state index in [0.29, 0.717) is 5.69 Å². The average molecular weight is 253 g/mol. The van der Waals surface area contributed by atoms with Gasteiger partial charge < -0.3 is 9.64 Å². The number of alkyl halides is 1. The molecule has 0 bridgehead atoms. The number of hydrogen-bond donors (Lipinski definition) is 0. The van der Waals surface area contributed by atoms with Gasteiger partial charge in [0.1, 0.15) is 18.8 Å². The van der Waals surface area contributed by atoms with Crippen molar-refractivity contribution in [1.82, 2.24) is 9.97 Å². The van der Waals surface area contributed by atoms with Crippen LogP contribution in [0, 0.1) is 5.92 Å². The van der Waals surface area contributed by atoms with Crippen molar-refractivity contribution in [2.75, 3.05) is 25.1 Å². The van der Waals surface area contributed by atoms with Crippen molar-refractivity contribution in [3.05, 3.63) is 18.1 Å². The minimum atomic E-state index is -0.589. The maximum atomic E-state index is 12.5. The minimum Gasteiger partial charge on any atom is -0.469 e. The largest absolute Gasteiger partial charge is 0.469 e. The number of rotatable bonds is 3. The lowest BCUT2D eigenvalue weighted by Crippen LogP contribution is -2.37. The van der Waals surface area contributed by atoms with E-state index in [-0.39, 0.29) is 11.9 Å². The zero-order valence-corrected chi connectivity index (χ0v) is 10.3. The summed E-state index contributed by atoms with van der Waals surface area (Å²) in [6.45, 7) is 0.860. The van der Waals surface area contributed by atoms with E-state index in [1.807, 2.05) is 4.90 Å². The van der Waals surface area contributed by atoms with Crippen molar-refractivity contribution >= 4 is 11.8 Å². The summed E-state index contributed by atoms with van der Waals surface area (Å²) in [5.41, 5.74) is 0.384. The zero-order valence-electron chi connectivity index (χ0n) is 10.3. The first kappa shape index (κ1) is 12.7. The molecule has 0 spiro atoms. The van der Waals surface area contributed by atoms with E-state index in [2.05, 4.69) is 9.97 Å². The van der Waals surface area contributed by atoms with Gasteiger partial charge >= 0.3 is 5.97 Å². The summed E-state index contributed by atoms with van der Waals surface area (Å²) in [6.07, 6.45) is 2.85. The first-order chi connectivity index (χ1) is 8.74. The maximum absolute atomic E-state index is 12.5. The van der Waals surface area contributed by atoms with Gasteiger partial charge in [0.15, 0.2) is 0 Å². The fourth-order valence-corrected chi connectivity index (χ4v) is 2.14. The van der Waals surface area contributed by atoms with Crippen LogP contribution in [0.3, 0.4) is 0 Å². The van der Waals surface area contributed by atoms with Gasteiger partial charge in [0.05, 0.1) is 18.7 Å². The molecule has 0 aliphatic carbocycles. The molecule has 0 amide bonds. The Labute approximate surface area is 105 Å². The normalized spacial score (nSPS) is 16.7. The Morgan fingerprint density at radius 2 is 2.22 bits per heavy atom. The predicted molar refractivity (Wildman–Crippen MR) is 63.8 cm³/mol. The third-order valence-corrected chi connectivity index (χ3v) is 3.20. The number of nitrogens with zero attached hydrogens (tertiary/aromatic N) is 3. The van der Waals surface area contributed by atoms with E-state index in [9.17, 15) is 9.18 Å². The molecule has 0 radical (unpaired) electrons. The SMILES string of the molecule is COC(=O)C1CCN(c2cc(CF)ncn2)CC1. The topological polar surface area (TPSA) is 55.3 Å². The van der Waals surface area contributed by atoms with Gasteiger partial charge in [-0.05, 0) is 12.8 Å². The Morgan fingerprint density at radius 1 is 1.50 bits per heavy atom. The van der Waals surface area contributed by atoms with Crippen LogP contribution in [0.4, 0.5) is 10.2 Å². The number of esters is 1. The highest BCUT2D eigenvalue weighted by molar-refractivity contribution is 5.72. The average Bonchev–Trinajstić information content (AvgIpc) is 2.46. The Kier molecular flexibility index (Phi) is 4.07. The standard InChI is InChI=1S/C12H16FN3O2/c1-18-12(17)9-2-4-16(5-3-9)11-6-10(7-13)14-8-15-11/h6,8-9H,2-5,7H2,1H3. The molecule has 6 heteroatoms. The molecule has 1 aliphatic heterocycles. The van der Waals surface area contributed by atoms with Gasteiger partial charge in [-0.3, -0.25) is 4.79 Å². The van der Waals surface area contributed by atoms with Crippen LogP contribution in [0.25, 0.3) is 0 Å².